The number of rotatable bonds is 4. The molecule has 3 aromatic rings. The third-order valence-corrected chi connectivity index (χ3v) is 3.22. The lowest BCUT2D eigenvalue weighted by Crippen LogP contribution is -2.00. The molecule has 21 heavy (non-hydrogen) atoms. The largest absolute Gasteiger partial charge is 0.487 e. The number of para-hydroxylation sites is 1. The molecule has 0 aliphatic heterocycles. The van der Waals surface area contributed by atoms with E-state index >= 15 is 0 Å². The second kappa shape index (κ2) is 6.37. The summed E-state index contributed by atoms with van der Waals surface area (Å²) in [6, 6.07) is 18.1. The van der Waals surface area contributed by atoms with Crippen LogP contribution < -0.4 is 4.74 Å². The molecule has 0 atom stereocenters. The van der Waals surface area contributed by atoms with Crippen LogP contribution in [0.4, 0.5) is 0 Å². The van der Waals surface area contributed by atoms with Gasteiger partial charge < -0.3 is 4.74 Å². The SMILES string of the molecule is Clc1cnc(COc2ccccc2-c2ccccc2)cn1. The first-order valence-corrected chi connectivity index (χ1v) is 6.94. The molecule has 0 bridgehead atoms. The minimum absolute atomic E-state index is 0.355. The number of hydrogen-bond donors (Lipinski definition) is 0. The Balaban J connectivity index is 1.81. The summed E-state index contributed by atoms with van der Waals surface area (Å²) in [5, 5.41) is 0.378. The van der Waals surface area contributed by atoms with Gasteiger partial charge in [0.05, 0.1) is 18.1 Å². The number of hydrogen-bond acceptors (Lipinski definition) is 3. The Kier molecular flexibility index (Phi) is 4.12. The van der Waals surface area contributed by atoms with E-state index < -0.39 is 0 Å². The van der Waals surface area contributed by atoms with Crippen LogP contribution in [-0.4, -0.2) is 9.97 Å². The molecular weight excluding hydrogens is 284 g/mol. The van der Waals surface area contributed by atoms with Gasteiger partial charge in [0.25, 0.3) is 0 Å². The highest BCUT2D eigenvalue weighted by Crippen LogP contribution is 2.29. The normalized spacial score (nSPS) is 10.3. The van der Waals surface area contributed by atoms with Gasteiger partial charge in [-0.25, -0.2) is 4.98 Å². The van der Waals surface area contributed by atoms with E-state index in [4.69, 9.17) is 16.3 Å². The molecule has 3 rings (SSSR count). The molecule has 0 aliphatic carbocycles. The van der Waals surface area contributed by atoms with Crippen molar-refractivity contribution in [2.75, 3.05) is 0 Å². The summed E-state index contributed by atoms with van der Waals surface area (Å²) >= 11 is 5.72. The lowest BCUT2D eigenvalue weighted by molar-refractivity contribution is 0.302. The van der Waals surface area contributed by atoms with E-state index in [0.717, 1.165) is 22.6 Å². The van der Waals surface area contributed by atoms with Gasteiger partial charge in [-0.1, -0.05) is 60.1 Å². The Morgan fingerprint density at radius 2 is 1.62 bits per heavy atom. The van der Waals surface area contributed by atoms with Gasteiger partial charge in [0.15, 0.2) is 0 Å². The van der Waals surface area contributed by atoms with E-state index in [1.807, 2.05) is 42.5 Å². The van der Waals surface area contributed by atoms with Crippen molar-refractivity contribution in [3.8, 4) is 16.9 Å². The maximum Gasteiger partial charge on any atom is 0.147 e. The van der Waals surface area contributed by atoms with Crippen molar-refractivity contribution in [1.82, 2.24) is 9.97 Å². The molecule has 0 unspecified atom stereocenters. The fourth-order valence-electron chi connectivity index (χ4n) is 2.01. The van der Waals surface area contributed by atoms with Crippen molar-refractivity contribution in [2.45, 2.75) is 6.61 Å². The topological polar surface area (TPSA) is 35.0 Å². The van der Waals surface area contributed by atoms with Crippen LogP contribution in [0.25, 0.3) is 11.1 Å². The number of aromatic nitrogens is 2. The summed E-state index contributed by atoms with van der Waals surface area (Å²) < 4.78 is 5.87. The Morgan fingerprint density at radius 3 is 2.38 bits per heavy atom. The fraction of sp³-hybridized carbons (Fsp3) is 0.0588. The second-order valence-corrected chi connectivity index (χ2v) is 4.87. The summed E-state index contributed by atoms with van der Waals surface area (Å²) in [7, 11) is 0. The van der Waals surface area contributed by atoms with Gasteiger partial charge in [-0.15, -0.1) is 0 Å². The number of ether oxygens (including phenoxy) is 1. The highest BCUT2D eigenvalue weighted by molar-refractivity contribution is 6.29. The van der Waals surface area contributed by atoms with Gasteiger partial charge in [-0.3, -0.25) is 4.98 Å². The van der Waals surface area contributed by atoms with Crippen LogP contribution in [0.1, 0.15) is 5.69 Å². The average molecular weight is 297 g/mol. The molecule has 0 amide bonds. The minimum atomic E-state index is 0.355. The van der Waals surface area contributed by atoms with Crippen LogP contribution >= 0.6 is 11.6 Å². The number of nitrogens with zero attached hydrogens (tertiary/aromatic N) is 2. The summed E-state index contributed by atoms with van der Waals surface area (Å²) in [6.07, 6.45) is 3.14. The molecule has 0 spiro atoms. The van der Waals surface area contributed by atoms with Gasteiger partial charge in [-0.05, 0) is 11.6 Å². The van der Waals surface area contributed by atoms with Crippen LogP contribution in [0.5, 0.6) is 5.75 Å². The van der Waals surface area contributed by atoms with Crippen molar-refractivity contribution in [1.29, 1.82) is 0 Å². The number of halogens is 1. The highest BCUT2D eigenvalue weighted by Gasteiger charge is 2.06. The molecule has 0 aliphatic rings. The Bertz CT molecular complexity index is 714. The first-order valence-electron chi connectivity index (χ1n) is 6.56. The molecule has 0 saturated carbocycles. The molecule has 1 heterocycles. The second-order valence-electron chi connectivity index (χ2n) is 4.48. The Morgan fingerprint density at radius 1 is 0.857 bits per heavy atom. The van der Waals surface area contributed by atoms with Gasteiger partial charge in [-0.2, -0.15) is 0 Å². The third-order valence-electron chi connectivity index (χ3n) is 3.02. The van der Waals surface area contributed by atoms with E-state index in [1.165, 1.54) is 6.20 Å². The first-order chi connectivity index (χ1) is 10.3. The maximum absolute atomic E-state index is 5.87. The van der Waals surface area contributed by atoms with Crippen LogP contribution in [0.15, 0.2) is 67.0 Å². The van der Waals surface area contributed by atoms with E-state index in [1.54, 1.807) is 6.20 Å². The van der Waals surface area contributed by atoms with E-state index in [-0.39, 0.29) is 0 Å². The monoisotopic (exact) mass is 296 g/mol. The fourth-order valence-corrected chi connectivity index (χ4v) is 2.11. The van der Waals surface area contributed by atoms with Gasteiger partial charge in [0, 0.05) is 5.56 Å². The van der Waals surface area contributed by atoms with Crippen molar-refractivity contribution in [3.05, 3.63) is 77.8 Å². The lowest BCUT2D eigenvalue weighted by Gasteiger charge is -2.11. The zero-order valence-electron chi connectivity index (χ0n) is 11.2. The van der Waals surface area contributed by atoms with Gasteiger partial charge in [0.1, 0.15) is 17.5 Å². The quantitative estimate of drug-likeness (QED) is 0.717. The molecule has 0 fully saturated rings. The first kappa shape index (κ1) is 13.6. The summed E-state index contributed by atoms with van der Waals surface area (Å²) in [4.78, 5) is 8.17. The van der Waals surface area contributed by atoms with E-state index in [2.05, 4.69) is 22.1 Å². The molecule has 0 saturated heterocycles. The van der Waals surface area contributed by atoms with Crippen LogP contribution in [-0.2, 0) is 6.61 Å². The van der Waals surface area contributed by atoms with Crippen LogP contribution in [0.3, 0.4) is 0 Å². The van der Waals surface area contributed by atoms with Crippen LogP contribution in [0.2, 0.25) is 5.15 Å². The molecule has 104 valence electrons. The molecular formula is C17H13ClN2O. The van der Waals surface area contributed by atoms with Crippen molar-refractivity contribution in [2.24, 2.45) is 0 Å². The molecule has 2 aromatic carbocycles. The highest BCUT2D eigenvalue weighted by atomic mass is 35.5. The van der Waals surface area contributed by atoms with Gasteiger partial charge >= 0.3 is 0 Å². The zero-order chi connectivity index (χ0) is 14.5. The predicted octanol–water partition coefficient (Wildman–Crippen LogP) is 4.38. The standard InChI is InChI=1S/C17H13ClN2O/c18-17-11-19-14(10-20-17)12-21-16-9-5-4-8-15(16)13-6-2-1-3-7-13/h1-11H,12H2. The minimum Gasteiger partial charge on any atom is -0.487 e. The number of benzene rings is 2. The molecule has 0 radical (unpaired) electrons. The third kappa shape index (κ3) is 3.38. The molecule has 0 N–H and O–H groups in total. The van der Waals surface area contributed by atoms with E-state index in [9.17, 15) is 0 Å². The molecule has 3 nitrogen and oxygen atoms in total. The molecule has 4 heteroatoms. The van der Waals surface area contributed by atoms with E-state index in [0.29, 0.717) is 11.8 Å². The maximum atomic E-state index is 5.87. The van der Waals surface area contributed by atoms with Crippen molar-refractivity contribution in [3.63, 3.8) is 0 Å². The summed E-state index contributed by atoms with van der Waals surface area (Å²) in [5.74, 6) is 0.820. The van der Waals surface area contributed by atoms with Crippen molar-refractivity contribution >= 4 is 11.6 Å². The molecule has 1 aromatic heterocycles. The summed E-state index contributed by atoms with van der Waals surface area (Å²) in [6.45, 7) is 0.355. The van der Waals surface area contributed by atoms with Crippen molar-refractivity contribution < 1.29 is 4.74 Å². The van der Waals surface area contributed by atoms with Crippen LogP contribution in [0, 0.1) is 0 Å². The smallest absolute Gasteiger partial charge is 0.147 e. The van der Waals surface area contributed by atoms with Gasteiger partial charge in [0.2, 0.25) is 0 Å². The predicted molar refractivity (Wildman–Crippen MR) is 83.3 cm³/mol. The zero-order valence-corrected chi connectivity index (χ0v) is 12.0. The summed E-state index contributed by atoms with van der Waals surface area (Å²) in [5.41, 5.74) is 2.91. The lowest BCUT2D eigenvalue weighted by atomic mass is 10.1. The Hall–Kier alpha value is -2.39. The Labute approximate surface area is 128 Å². The average Bonchev–Trinajstić information content (AvgIpc) is 2.55.